The fourth-order valence-electron chi connectivity index (χ4n) is 5.92. The van der Waals surface area contributed by atoms with Crippen LogP contribution in [0.25, 0.3) is 11.0 Å². The first kappa shape index (κ1) is 20.1. The summed E-state index contributed by atoms with van der Waals surface area (Å²) in [6.45, 7) is 2.36. The van der Waals surface area contributed by atoms with Crippen LogP contribution in [0.1, 0.15) is 63.0 Å². The Bertz CT molecular complexity index is 964. The lowest BCUT2D eigenvalue weighted by Crippen LogP contribution is -2.50. The molecule has 1 saturated heterocycles. The van der Waals surface area contributed by atoms with Crippen molar-refractivity contribution in [2.24, 2.45) is 0 Å². The Morgan fingerprint density at radius 1 is 0.867 bits per heavy atom. The summed E-state index contributed by atoms with van der Waals surface area (Å²) in [4.78, 5) is 7.75. The van der Waals surface area contributed by atoms with Crippen LogP contribution in [0.2, 0.25) is 0 Å². The highest BCUT2D eigenvalue weighted by Crippen LogP contribution is 2.44. The maximum absolute atomic E-state index is 4.90. The predicted molar refractivity (Wildman–Crippen MR) is 127 cm³/mol. The van der Waals surface area contributed by atoms with Gasteiger partial charge in [0.1, 0.15) is 0 Å². The van der Waals surface area contributed by atoms with Gasteiger partial charge < -0.3 is 4.57 Å². The summed E-state index contributed by atoms with van der Waals surface area (Å²) in [5.41, 5.74) is 4.21. The van der Waals surface area contributed by atoms with E-state index in [1.54, 1.807) is 17.3 Å². The fourth-order valence-corrected chi connectivity index (χ4v) is 6.55. The Morgan fingerprint density at radius 2 is 1.53 bits per heavy atom. The highest BCUT2D eigenvalue weighted by atomic mass is 32.2. The highest BCUT2D eigenvalue weighted by molar-refractivity contribution is 7.98. The predicted octanol–water partition coefficient (Wildman–Crippen LogP) is 6.64. The molecule has 2 aromatic carbocycles. The van der Waals surface area contributed by atoms with Gasteiger partial charge in [0.15, 0.2) is 5.16 Å². The van der Waals surface area contributed by atoms with Crippen LogP contribution in [-0.4, -0.2) is 33.8 Å². The van der Waals surface area contributed by atoms with E-state index in [1.807, 2.05) is 0 Å². The van der Waals surface area contributed by atoms with Gasteiger partial charge >= 0.3 is 0 Å². The summed E-state index contributed by atoms with van der Waals surface area (Å²) >= 11 is 1.78. The first-order valence-corrected chi connectivity index (χ1v) is 12.9. The van der Waals surface area contributed by atoms with Crippen molar-refractivity contribution in [1.82, 2.24) is 14.5 Å². The second-order valence-electron chi connectivity index (χ2n) is 8.99. The second-order valence-corrected chi connectivity index (χ2v) is 9.76. The minimum absolute atomic E-state index is 0.238. The maximum atomic E-state index is 4.90. The molecule has 4 heteroatoms. The first-order valence-electron chi connectivity index (χ1n) is 11.6. The van der Waals surface area contributed by atoms with E-state index < -0.39 is 0 Å². The van der Waals surface area contributed by atoms with E-state index >= 15 is 0 Å². The van der Waals surface area contributed by atoms with Gasteiger partial charge in [0.2, 0.25) is 0 Å². The lowest BCUT2D eigenvalue weighted by molar-refractivity contribution is 0.0349. The van der Waals surface area contributed by atoms with Crippen molar-refractivity contribution < 1.29 is 0 Å². The van der Waals surface area contributed by atoms with Crippen molar-refractivity contribution in [2.75, 3.05) is 19.3 Å². The third-order valence-corrected chi connectivity index (χ3v) is 8.08. The molecular formula is C26H33N3S. The van der Waals surface area contributed by atoms with Gasteiger partial charge in [0.25, 0.3) is 0 Å². The zero-order chi connectivity index (χ0) is 20.4. The molecule has 0 radical (unpaired) electrons. The average Bonchev–Trinajstić information content (AvgIpc) is 3.00. The summed E-state index contributed by atoms with van der Waals surface area (Å²) < 4.78 is 2.53. The molecule has 0 spiro atoms. The van der Waals surface area contributed by atoms with E-state index in [0.717, 1.165) is 5.52 Å². The molecule has 1 saturated carbocycles. The van der Waals surface area contributed by atoms with Gasteiger partial charge in [-0.3, -0.25) is 4.90 Å². The van der Waals surface area contributed by atoms with Crippen LogP contribution in [0.3, 0.4) is 0 Å². The molecule has 3 nitrogen and oxygen atoms in total. The monoisotopic (exact) mass is 419 g/mol. The lowest BCUT2D eigenvalue weighted by Gasteiger charge is -2.48. The van der Waals surface area contributed by atoms with Crippen molar-refractivity contribution in [1.29, 1.82) is 0 Å². The minimum atomic E-state index is 0.238. The summed E-state index contributed by atoms with van der Waals surface area (Å²) in [7, 11) is 0. The van der Waals surface area contributed by atoms with Crippen LogP contribution < -0.4 is 0 Å². The molecule has 0 bridgehead atoms. The van der Waals surface area contributed by atoms with Crippen LogP contribution in [0.5, 0.6) is 0 Å². The summed E-state index contributed by atoms with van der Waals surface area (Å²) in [5, 5.41) is 1.17. The Morgan fingerprint density at radius 3 is 2.23 bits per heavy atom. The number of nitrogens with zero attached hydrogens (tertiary/aromatic N) is 3. The molecule has 0 N–H and O–H groups in total. The second kappa shape index (κ2) is 8.76. The van der Waals surface area contributed by atoms with Crippen molar-refractivity contribution in [3.63, 3.8) is 0 Å². The molecule has 0 atom stereocenters. The molecule has 30 heavy (non-hydrogen) atoms. The number of para-hydroxylation sites is 2. The molecule has 158 valence electrons. The van der Waals surface area contributed by atoms with E-state index in [0.29, 0.717) is 6.04 Å². The van der Waals surface area contributed by atoms with Crippen molar-refractivity contribution in [3.05, 3.63) is 60.2 Å². The topological polar surface area (TPSA) is 21.1 Å². The third kappa shape index (κ3) is 3.58. The van der Waals surface area contributed by atoms with Crippen molar-refractivity contribution >= 4 is 22.8 Å². The van der Waals surface area contributed by atoms with Gasteiger partial charge in [-0.05, 0) is 49.6 Å². The molecule has 5 rings (SSSR count). The summed E-state index contributed by atoms with van der Waals surface area (Å²) in [6, 6.07) is 20.6. The van der Waals surface area contributed by atoms with E-state index in [4.69, 9.17) is 4.98 Å². The quantitative estimate of drug-likeness (QED) is 0.349. The van der Waals surface area contributed by atoms with Crippen molar-refractivity contribution in [3.8, 4) is 0 Å². The van der Waals surface area contributed by atoms with Gasteiger partial charge in [-0.2, -0.15) is 0 Å². The van der Waals surface area contributed by atoms with Crippen molar-refractivity contribution in [2.45, 2.75) is 68.1 Å². The maximum Gasteiger partial charge on any atom is 0.169 e. The Labute approximate surface area is 184 Å². The number of piperidine rings is 1. The molecule has 2 aliphatic rings. The molecule has 0 unspecified atom stereocenters. The molecule has 1 aromatic heterocycles. The van der Waals surface area contributed by atoms with Crippen LogP contribution in [0.4, 0.5) is 0 Å². The lowest BCUT2D eigenvalue weighted by atomic mass is 9.79. The third-order valence-electron chi connectivity index (χ3n) is 7.42. The van der Waals surface area contributed by atoms with E-state index in [1.165, 1.54) is 75.1 Å². The zero-order valence-electron chi connectivity index (χ0n) is 18.1. The van der Waals surface area contributed by atoms with E-state index in [9.17, 15) is 0 Å². The van der Waals surface area contributed by atoms with Crippen LogP contribution in [0.15, 0.2) is 59.8 Å². The standard InChI is InChI=1S/C26H33N3S/c1-30-25-27-23-13-7-8-14-24(23)29(25)22-15-19-28(20-16-22)26(17-9-2-3-10-18-26)21-11-5-4-6-12-21/h4-8,11-14,22H,2-3,9-10,15-20H2,1H3. The molecular weight excluding hydrogens is 386 g/mol. The highest BCUT2D eigenvalue weighted by Gasteiger charge is 2.40. The Kier molecular flexibility index (Phi) is 5.88. The van der Waals surface area contributed by atoms with E-state index in [-0.39, 0.29) is 5.54 Å². The largest absolute Gasteiger partial charge is 0.316 e. The molecule has 3 aromatic rings. The number of thioether (sulfide) groups is 1. The number of rotatable bonds is 4. The van der Waals surface area contributed by atoms with Crippen LogP contribution >= 0.6 is 11.8 Å². The SMILES string of the molecule is CSc1nc2ccccc2n1C1CCN(C2(c3ccccc3)CCCCCC2)CC1. The Balaban J connectivity index is 1.42. The van der Waals surface area contributed by atoms with Gasteiger partial charge in [0.05, 0.1) is 11.0 Å². The molecule has 1 aliphatic carbocycles. The number of likely N-dealkylation sites (tertiary alicyclic amines) is 1. The normalized spacial score (nSPS) is 21.0. The number of benzene rings is 2. The molecule has 1 aliphatic heterocycles. The first-order chi connectivity index (χ1) is 14.8. The number of hydrogen-bond donors (Lipinski definition) is 0. The average molecular weight is 420 g/mol. The van der Waals surface area contributed by atoms with Gasteiger partial charge in [-0.15, -0.1) is 0 Å². The summed E-state index contributed by atoms with van der Waals surface area (Å²) in [5.74, 6) is 0. The van der Waals surface area contributed by atoms with Gasteiger partial charge in [-0.1, -0.05) is 79.9 Å². The number of fused-ring (bicyclic) bond motifs is 1. The van der Waals surface area contributed by atoms with Crippen LogP contribution in [-0.2, 0) is 5.54 Å². The molecule has 0 amide bonds. The van der Waals surface area contributed by atoms with Gasteiger partial charge in [0, 0.05) is 24.7 Å². The van der Waals surface area contributed by atoms with Crippen LogP contribution in [0, 0.1) is 0 Å². The molecule has 2 fully saturated rings. The van der Waals surface area contributed by atoms with Gasteiger partial charge in [-0.25, -0.2) is 4.98 Å². The zero-order valence-corrected chi connectivity index (χ0v) is 18.9. The fraction of sp³-hybridized carbons (Fsp3) is 0.500. The smallest absolute Gasteiger partial charge is 0.169 e. The number of aromatic nitrogens is 2. The number of hydrogen-bond acceptors (Lipinski definition) is 3. The molecule has 2 heterocycles. The number of imidazole rings is 1. The minimum Gasteiger partial charge on any atom is -0.316 e. The summed E-state index contributed by atoms with van der Waals surface area (Å²) in [6.07, 6.45) is 12.7. The van der Waals surface area contributed by atoms with E-state index in [2.05, 4.69) is 70.3 Å². The Hall–Kier alpha value is -1.78.